The Hall–Kier alpha value is -7.20. The molecule has 566 valence electrons. The van der Waals surface area contributed by atoms with Crippen molar-refractivity contribution in [2.75, 3.05) is 88.6 Å². The van der Waals surface area contributed by atoms with Gasteiger partial charge in [-0.3, -0.25) is 57.5 Å². The fourth-order valence-electron chi connectivity index (χ4n) is 14.8. The number of nitrogens with one attached hydrogen (secondary N) is 3. The third-order valence-corrected chi connectivity index (χ3v) is 21.5. The molecule has 3 N–H and O–H groups in total. The predicted octanol–water partition coefficient (Wildman–Crippen LogP) is 6.28. The Labute approximate surface area is 596 Å². The van der Waals surface area contributed by atoms with Crippen LogP contribution < -0.4 is 16.0 Å². The van der Waals surface area contributed by atoms with Crippen LogP contribution in [0.5, 0.6) is 0 Å². The van der Waals surface area contributed by atoms with Gasteiger partial charge in [0.15, 0.2) is 0 Å². The Kier molecular flexibility index (Phi) is 30.6. The standard InChI is InChI=1S/C71H108ClF5N12O12/c1-12-45(4)60-67(99)83(7)42-58(92)81(5)43-59(93)84(8)52(26-17-18-28-55(73)74)65(97)82(6)41-56(90)78-50(32-30-46-29-31-48(49(72)39-46)71(75,76)77)64(96)89-37-23-27-51(89)63(95)80-70(33-19-20-34-70)69(101)87(11)61(47-24-15-13-16-25-47)68(100)86(10)54(66(98)88-35-21-14-22-36-88)40-57(91)85(9)53(38-44(2)3)62(94)79-60/h29,31,39,44-45,47,50-55,60-61H,12-28,30,32-38,40-43H2,1-11H3,(H,78,90)(H,79,94)(H,80,95)/t45-,50-,51-,52-,53-,54-,60-,61-/m0/s1. The number of hydrogen-bond acceptors (Lipinski definition) is 12. The maximum absolute atomic E-state index is 15.8. The van der Waals surface area contributed by atoms with Crippen molar-refractivity contribution in [2.24, 2.45) is 17.8 Å². The van der Waals surface area contributed by atoms with Gasteiger partial charge in [-0.05, 0) is 125 Å². The lowest BCUT2D eigenvalue weighted by Crippen LogP contribution is -2.65. The molecule has 0 aromatic heterocycles. The molecule has 3 saturated heterocycles. The number of rotatable bonds is 14. The lowest BCUT2D eigenvalue weighted by molar-refractivity contribution is -0.157. The van der Waals surface area contributed by atoms with E-state index in [2.05, 4.69) is 16.0 Å². The Morgan fingerprint density at radius 3 is 1.85 bits per heavy atom. The van der Waals surface area contributed by atoms with Gasteiger partial charge in [-0.15, -0.1) is 0 Å². The highest BCUT2D eigenvalue weighted by atomic mass is 35.5. The molecule has 1 spiro atoms. The van der Waals surface area contributed by atoms with E-state index < -0.39 is 186 Å². The van der Waals surface area contributed by atoms with Crippen molar-refractivity contribution < 1.29 is 79.5 Å². The molecule has 1 aromatic carbocycles. The number of aryl methyl sites for hydroxylation is 1. The Bertz CT molecular complexity index is 3110. The highest BCUT2D eigenvalue weighted by Gasteiger charge is 2.51. The number of hydrogen-bond donors (Lipinski definition) is 3. The number of halogens is 6. The molecule has 30 heteroatoms. The molecular formula is C71H108ClF5N12O12. The summed E-state index contributed by atoms with van der Waals surface area (Å²) in [6, 6.07) is -6.18. The van der Waals surface area contributed by atoms with Crippen molar-refractivity contribution in [3.63, 3.8) is 0 Å². The number of unbranched alkanes of at least 4 members (excludes halogenated alkanes) is 1. The summed E-state index contributed by atoms with van der Waals surface area (Å²) in [5, 5.41) is 7.97. The van der Waals surface area contributed by atoms with E-state index in [4.69, 9.17) is 11.6 Å². The first-order valence-electron chi connectivity index (χ1n) is 36.0. The van der Waals surface area contributed by atoms with Crippen LogP contribution in [0, 0.1) is 17.8 Å². The molecular weight excluding hydrogens is 1340 g/mol. The van der Waals surface area contributed by atoms with Crippen LogP contribution in [0.3, 0.4) is 0 Å². The normalized spacial score (nSPS) is 25.8. The van der Waals surface area contributed by atoms with E-state index >= 15 is 28.8 Å². The highest BCUT2D eigenvalue weighted by Crippen LogP contribution is 2.38. The molecule has 1 aromatic rings. The van der Waals surface area contributed by atoms with Crippen molar-refractivity contribution in [3.05, 3.63) is 34.3 Å². The lowest BCUT2D eigenvalue weighted by atomic mass is 9.81. The monoisotopic (exact) mass is 1450 g/mol. The Balaban J connectivity index is 1.44. The maximum Gasteiger partial charge on any atom is 0.417 e. The Morgan fingerprint density at radius 1 is 0.634 bits per heavy atom. The number of fused-ring (bicyclic) bond motifs is 1. The predicted molar refractivity (Wildman–Crippen MR) is 367 cm³/mol. The molecule has 5 fully saturated rings. The molecule has 2 saturated carbocycles. The van der Waals surface area contributed by atoms with Crippen LogP contribution in [0.25, 0.3) is 0 Å². The number of nitrogens with zero attached hydrogens (tertiary/aromatic N) is 9. The zero-order valence-electron chi connectivity index (χ0n) is 60.8. The molecule has 12 amide bonds. The summed E-state index contributed by atoms with van der Waals surface area (Å²) >= 11 is 6.12. The second kappa shape index (κ2) is 37.3. The smallest absolute Gasteiger partial charge is 0.343 e. The topological polar surface area (TPSA) is 270 Å². The molecule has 6 rings (SSSR count). The Morgan fingerprint density at radius 2 is 1.25 bits per heavy atom. The van der Waals surface area contributed by atoms with E-state index in [-0.39, 0.29) is 82.2 Å². The molecule has 101 heavy (non-hydrogen) atoms. The van der Waals surface area contributed by atoms with Gasteiger partial charge in [0.1, 0.15) is 47.8 Å². The first-order valence-corrected chi connectivity index (χ1v) is 36.4. The number of likely N-dealkylation sites (tertiary alicyclic amines) is 1. The average molecular weight is 1450 g/mol. The molecule has 8 atom stereocenters. The number of piperidine rings is 1. The molecule has 3 heterocycles. The maximum atomic E-state index is 15.8. The fraction of sp³-hybridized carbons (Fsp3) is 0.746. The van der Waals surface area contributed by atoms with Gasteiger partial charge in [-0.2, -0.15) is 13.2 Å². The van der Waals surface area contributed by atoms with E-state index in [1.165, 1.54) is 75.0 Å². The molecule has 5 aliphatic rings. The number of alkyl halides is 5. The quantitative estimate of drug-likeness (QED) is 0.137. The van der Waals surface area contributed by atoms with Gasteiger partial charge in [-0.25, -0.2) is 8.78 Å². The number of carbonyl (C=O) groups excluding carboxylic acids is 12. The molecule has 2 aliphatic carbocycles. The summed E-state index contributed by atoms with van der Waals surface area (Å²) < 4.78 is 68.4. The van der Waals surface area contributed by atoms with Gasteiger partial charge in [0.2, 0.25) is 77.3 Å². The van der Waals surface area contributed by atoms with E-state index in [0.29, 0.717) is 58.0 Å². The van der Waals surface area contributed by atoms with Gasteiger partial charge in [0.25, 0.3) is 0 Å². The third-order valence-electron chi connectivity index (χ3n) is 21.2. The first kappa shape index (κ1) is 82.8. The molecule has 0 radical (unpaired) electrons. The van der Waals surface area contributed by atoms with Gasteiger partial charge < -0.3 is 60.0 Å². The number of benzene rings is 1. The second-order valence-corrected chi connectivity index (χ2v) is 29.5. The van der Waals surface area contributed by atoms with Crippen LogP contribution in [0.2, 0.25) is 5.02 Å². The van der Waals surface area contributed by atoms with Gasteiger partial charge >= 0.3 is 6.18 Å². The zero-order valence-corrected chi connectivity index (χ0v) is 61.5. The van der Waals surface area contributed by atoms with Crippen LogP contribution >= 0.6 is 11.6 Å². The summed E-state index contributed by atoms with van der Waals surface area (Å²) in [5.41, 5.74) is -2.46. The second-order valence-electron chi connectivity index (χ2n) is 29.1. The average Bonchev–Trinajstić information content (AvgIpc) is 1.76. The van der Waals surface area contributed by atoms with E-state index in [1.54, 1.807) is 18.7 Å². The van der Waals surface area contributed by atoms with E-state index in [1.807, 2.05) is 13.8 Å². The number of likely N-dealkylation sites (N-methyl/N-ethyl adjacent to an activating group) is 7. The van der Waals surface area contributed by atoms with E-state index in [0.717, 1.165) is 57.4 Å². The van der Waals surface area contributed by atoms with Crippen LogP contribution in [-0.2, 0) is 70.1 Å². The van der Waals surface area contributed by atoms with Crippen molar-refractivity contribution in [3.8, 4) is 0 Å². The van der Waals surface area contributed by atoms with Gasteiger partial charge in [0.05, 0.1) is 36.6 Å². The van der Waals surface area contributed by atoms with Crippen molar-refractivity contribution in [1.29, 1.82) is 0 Å². The fourth-order valence-corrected chi connectivity index (χ4v) is 15.1. The summed E-state index contributed by atoms with van der Waals surface area (Å²) in [6.07, 6.45) is -1.49. The van der Waals surface area contributed by atoms with Crippen molar-refractivity contribution >= 4 is 82.5 Å². The van der Waals surface area contributed by atoms with Crippen molar-refractivity contribution in [2.45, 2.75) is 236 Å². The van der Waals surface area contributed by atoms with Crippen LogP contribution in [0.4, 0.5) is 22.0 Å². The van der Waals surface area contributed by atoms with Crippen LogP contribution in [-0.4, -0.2) is 258 Å². The summed E-state index contributed by atoms with van der Waals surface area (Å²) in [7, 11) is 9.48. The summed E-state index contributed by atoms with van der Waals surface area (Å²) in [6.45, 7) is 5.90. The van der Waals surface area contributed by atoms with Crippen LogP contribution in [0.15, 0.2) is 18.2 Å². The highest BCUT2D eigenvalue weighted by molar-refractivity contribution is 6.31. The van der Waals surface area contributed by atoms with Crippen LogP contribution in [0.1, 0.15) is 180 Å². The largest absolute Gasteiger partial charge is 0.417 e. The summed E-state index contributed by atoms with van der Waals surface area (Å²) in [5.74, 6) is -9.71. The minimum absolute atomic E-state index is 0.0116. The first-order chi connectivity index (χ1) is 47.5. The number of amides is 12. The lowest BCUT2D eigenvalue weighted by Gasteiger charge is -2.43. The van der Waals surface area contributed by atoms with Gasteiger partial charge in [0, 0.05) is 75.4 Å². The SMILES string of the molecule is CC[C@H](C)[C@@H]1NC(=O)[C@H](CC(C)C)N(C)C(=O)C[C@@H](C(=O)N2CCCCC2)N(C)C(=O)[C@H](C2CCCCC2)N(C)C(=O)C2(CCCC2)NC(=O)[C@@H]2CCCN2C(=O)[C@H](CCc2ccc(C(F)(F)F)c(Cl)c2)NC(=O)CN(C)C(=O)[C@H](CCCCC(F)F)N(C)C(=O)CN(C)C(=O)CN(C)C1=O. The van der Waals surface area contributed by atoms with E-state index in [9.17, 15) is 50.7 Å². The zero-order chi connectivity index (χ0) is 75.0. The summed E-state index contributed by atoms with van der Waals surface area (Å²) in [4.78, 5) is 189. The molecule has 3 aliphatic heterocycles. The molecule has 0 bridgehead atoms. The minimum atomic E-state index is -4.79. The van der Waals surface area contributed by atoms with Gasteiger partial charge in [-0.1, -0.05) is 90.3 Å². The number of carbonyl (C=O) groups is 12. The third kappa shape index (κ3) is 21.7. The minimum Gasteiger partial charge on any atom is -0.343 e. The molecule has 0 unspecified atom stereocenters. The molecule has 24 nitrogen and oxygen atoms in total. The van der Waals surface area contributed by atoms with Crippen molar-refractivity contribution in [1.82, 2.24) is 60.0 Å².